The first kappa shape index (κ1) is 18.3. The molecule has 0 aromatic carbocycles. The van der Waals surface area contributed by atoms with Crippen LogP contribution in [0.1, 0.15) is 23.4 Å². The maximum absolute atomic E-state index is 12.1. The maximum atomic E-state index is 12.1. The van der Waals surface area contributed by atoms with Gasteiger partial charge in [-0.1, -0.05) is 0 Å². The number of furan rings is 1. The van der Waals surface area contributed by atoms with Crippen LogP contribution in [0.4, 0.5) is 0 Å². The Bertz CT molecular complexity index is 551. The summed E-state index contributed by atoms with van der Waals surface area (Å²) in [5, 5.41) is 22.9. The number of carbonyl (C=O) groups is 1. The molecule has 2 fully saturated rings. The summed E-state index contributed by atoms with van der Waals surface area (Å²) in [4.78, 5) is 14.3. The van der Waals surface area contributed by atoms with Crippen LogP contribution in [-0.4, -0.2) is 84.8 Å². The zero-order valence-corrected chi connectivity index (χ0v) is 14.3. The van der Waals surface area contributed by atoms with Gasteiger partial charge in [0.25, 0.3) is 5.91 Å². The van der Waals surface area contributed by atoms with E-state index in [4.69, 9.17) is 13.9 Å². The van der Waals surface area contributed by atoms with E-state index in [1.165, 1.54) is 6.26 Å². The Hall–Kier alpha value is -1.45. The lowest BCUT2D eigenvalue weighted by atomic mass is 10.0. The number of hydrogen-bond donors (Lipinski definition) is 3. The van der Waals surface area contributed by atoms with Crippen LogP contribution in [0.5, 0.6) is 0 Å². The molecule has 3 rings (SSSR count). The molecule has 1 aromatic rings. The van der Waals surface area contributed by atoms with E-state index in [0.29, 0.717) is 6.61 Å². The van der Waals surface area contributed by atoms with Gasteiger partial charge >= 0.3 is 0 Å². The van der Waals surface area contributed by atoms with E-state index < -0.39 is 18.3 Å². The van der Waals surface area contributed by atoms with Crippen molar-refractivity contribution >= 4 is 5.91 Å². The van der Waals surface area contributed by atoms with Crippen molar-refractivity contribution < 1.29 is 28.9 Å². The Kier molecular flexibility index (Phi) is 6.08. The highest BCUT2D eigenvalue weighted by atomic mass is 16.5. The van der Waals surface area contributed by atoms with Gasteiger partial charge in [-0.3, -0.25) is 9.69 Å². The molecule has 140 valence electrons. The quantitative estimate of drug-likeness (QED) is 0.612. The van der Waals surface area contributed by atoms with Gasteiger partial charge in [0.15, 0.2) is 5.76 Å². The van der Waals surface area contributed by atoms with Crippen molar-refractivity contribution in [3.63, 3.8) is 0 Å². The van der Waals surface area contributed by atoms with Gasteiger partial charge in [0, 0.05) is 19.7 Å². The Labute approximate surface area is 146 Å². The third kappa shape index (κ3) is 3.88. The molecule has 2 aliphatic heterocycles. The van der Waals surface area contributed by atoms with Crippen LogP contribution >= 0.6 is 0 Å². The number of ether oxygens (including phenoxy) is 2. The lowest BCUT2D eigenvalue weighted by molar-refractivity contribution is -0.0209. The van der Waals surface area contributed by atoms with E-state index in [9.17, 15) is 15.0 Å². The van der Waals surface area contributed by atoms with Crippen molar-refractivity contribution in [3.05, 3.63) is 24.2 Å². The molecule has 8 heteroatoms. The molecule has 3 N–H and O–H groups in total. The number of nitrogens with one attached hydrogen (secondary N) is 1. The largest absolute Gasteiger partial charge is 0.459 e. The average Bonchev–Trinajstić information content (AvgIpc) is 3.33. The highest BCUT2D eigenvalue weighted by Crippen LogP contribution is 2.31. The van der Waals surface area contributed by atoms with Crippen molar-refractivity contribution in [1.82, 2.24) is 10.2 Å². The molecule has 0 spiro atoms. The monoisotopic (exact) mass is 354 g/mol. The number of hydrogen-bond acceptors (Lipinski definition) is 7. The normalized spacial score (nSPS) is 33.0. The molecule has 0 aliphatic carbocycles. The molecule has 0 unspecified atom stereocenters. The van der Waals surface area contributed by atoms with Crippen molar-refractivity contribution in [3.8, 4) is 0 Å². The predicted molar refractivity (Wildman–Crippen MR) is 88.2 cm³/mol. The summed E-state index contributed by atoms with van der Waals surface area (Å²) in [6, 6.07) is 3.14. The molecule has 25 heavy (non-hydrogen) atoms. The fourth-order valence-electron chi connectivity index (χ4n) is 3.86. The molecule has 0 saturated carbocycles. The third-order valence-electron chi connectivity index (χ3n) is 5.01. The molecule has 1 amide bonds. The zero-order valence-electron chi connectivity index (χ0n) is 14.3. The number of methoxy groups -OCH3 is 1. The standard InChI is InChI=1S/C17H26N2O6/c1-23-10-11-4-2-6-19(11)15-13(25-14(9-20)16(15)21)8-18-17(22)12-5-3-7-24-12/h3,5,7,11,13-16,20-21H,2,4,6,8-10H2,1H3,(H,18,22)/t11-,13-,14+,15+,16-/m1/s1. The topological polar surface area (TPSA) is 104 Å². The lowest BCUT2D eigenvalue weighted by Crippen LogP contribution is -2.53. The first-order valence-electron chi connectivity index (χ1n) is 8.66. The van der Waals surface area contributed by atoms with Gasteiger partial charge in [0.2, 0.25) is 0 Å². The van der Waals surface area contributed by atoms with Gasteiger partial charge in [-0.25, -0.2) is 0 Å². The number of amides is 1. The third-order valence-corrected chi connectivity index (χ3v) is 5.01. The van der Waals surface area contributed by atoms with Crippen LogP contribution in [0, 0.1) is 0 Å². The van der Waals surface area contributed by atoms with Gasteiger partial charge in [-0.2, -0.15) is 0 Å². The first-order chi connectivity index (χ1) is 12.2. The summed E-state index contributed by atoms with van der Waals surface area (Å²) in [5.74, 6) is -0.101. The summed E-state index contributed by atoms with van der Waals surface area (Å²) in [6.07, 6.45) is 1.57. The molecule has 2 aliphatic rings. The number of likely N-dealkylation sites (tertiary alicyclic amines) is 1. The highest BCUT2D eigenvalue weighted by Gasteiger charge is 2.48. The number of nitrogens with zero attached hydrogens (tertiary/aromatic N) is 1. The van der Waals surface area contributed by atoms with E-state index in [-0.39, 0.29) is 36.9 Å². The van der Waals surface area contributed by atoms with Crippen LogP contribution in [0.2, 0.25) is 0 Å². The summed E-state index contributed by atoms with van der Waals surface area (Å²) < 4.78 is 16.2. The Morgan fingerprint density at radius 1 is 1.48 bits per heavy atom. The second-order valence-electron chi connectivity index (χ2n) is 6.55. The van der Waals surface area contributed by atoms with E-state index in [0.717, 1.165) is 19.4 Å². The fraction of sp³-hybridized carbons (Fsp3) is 0.706. The zero-order chi connectivity index (χ0) is 17.8. The minimum atomic E-state index is -0.812. The molecule has 3 heterocycles. The molecule has 1 aromatic heterocycles. The average molecular weight is 354 g/mol. The smallest absolute Gasteiger partial charge is 0.287 e. The fourth-order valence-corrected chi connectivity index (χ4v) is 3.86. The minimum Gasteiger partial charge on any atom is -0.459 e. The van der Waals surface area contributed by atoms with Crippen LogP contribution < -0.4 is 5.32 Å². The molecular weight excluding hydrogens is 328 g/mol. The van der Waals surface area contributed by atoms with Crippen molar-refractivity contribution in [2.45, 2.75) is 43.2 Å². The maximum Gasteiger partial charge on any atom is 0.287 e. The lowest BCUT2D eigenvalue weighted by Gasteiger charge is -2.34. The van der Waals surface area contributed by atoms with Crippen LogP contribution in [0.15, 0.2) is 22.8 Å². The second-order valence-corrected chi connectivity index (χ2v) is 6.55. The predicted octanol–water partition coefficient (Wildman–Crippen LogP) is -0.391. The van der Waals surface area contributed by atoms with E-state index in [1.807, 2.05) is 0 Å². The summed E-state index contributed by atoms with van der Waals surface area (Å²) in [7, 11) is 1.66. The van der Waals surface area contributed by atoms with E-state index in [2.05, 4.69) is 10.2 Å². The Balaban J connectivity index is 1.68. The number of aliphatic hydroxyl groups is 2. The van der Waals surface area contributed by atoms with Crippen molar-refractivity contribution in [1.29, 1.82) is 0 Å². The van der Waals surface area contributed by atoms with Crippen molar-refractivity contribution in [2.24, 2.45) is 0 Å². The summed E-state index contributed by atoms with van der Waals surface area (Å²) in [6.45, 7) is 1.38. The molecule has 5 atom stereocenters. The van der Waals surface area contributed by atoms with E-state index >= 15 is 0 Å². The summed E-state index contributed by atoms with van der Waals surface area (Å²) in [5.41, 5.74) is 0. The molecule has 0 bridgehead atoms. The number of carbonyl (C=O) groups excluding carboxylic acids is 1. The van der Waals surface area contributed by atoms with Crippen LogP contribution in [0.25, 0.3) is 0 Å². The van der Waals surface area contributed by atoms with Gasteiger partial charge in [-0.15, -0.1) is 0 Å². The van der Waals surface area contributed by atoms with Crippen LogP contribution in [-0.2, 0) is 9.47 Å². The van der Waals surface area contributed by atoms with Gasteiger partial charge < -0.3 is 29.4 Å². The van der Waals surface area contributed by atoms with Gasteiger partial charge in [0.1, 0.15) is 12.2 Å². The van der Waals surface area contributed by atoms with E-state index in [1.54, 1.807) is 19.2 Å². The van der Waals surface area contributed by atoms with Gasteiger partial charge in [0.05, 0.1) is 31.6 Å². The SMILES string of the molecule is COC[C@H]1CCCN1[C@@H]1[C@H](O)[C@H](CO)O[C@@H]1CNC(=O)c1ccco1. The highest BCUT2D eigenvalue weighted by molar-refractivity contribution is 5.91. The van der Waals surface area contributed by atoms with Crippen LogP contribution in [0.3, 0.4) is 0 Å². The molecular formula is C17H26N2O6. The Morgan fingerprint density at radius 2 is 2.32 bits per heavy atom. The first-order valence-corrected chi connectivity index (χ1v) is 8.66. The van der Waals surface area contributed by atoms with Gasteiger partial charge in [-0.05, 0) is 31.5 Å². The molecule has 0 radical (unpaired) electrons. The Morgan fingerprint density at radius 3 is 3.00 bits per heavy atom. The van der Waals surface area contributed by atoms with Crippen molar-refractivity contribution in [2.75, 3.05) is 33.4 Å². The molecule has 8 nitrogen and oxygen atoms in total. The molecule has 2 saturated heterocycles. The second kappa shape index (κ2) is 8.29. The summed E-state index contributed by atoms with van der Waals surface area (Å²) >= 11 is 0. The number of rotatable bonds is 7. The number of aliphatic hydroxyl groups excluding tert-OH is 2. The minimum absolute atomic E-state index is 0.203.